The van der Waals surface area contributed by atoms with Crippen molar-refractivity contribution in [1.29, 1.82) is 0 Å². The lowest BCUT2D eigenvalue weighted by atomic mass is 10.3. The van der Waals surface area contributed by atoms with Gasteiger partial charge in [0.2, 0.25) is 0 Å². The normalized spacial score (nSPS) is 10.5. The van der Waals surface area contributed by atoms with Gasteiger partial charge in [-0.05, 0) is 26.7 Å². The maximum Gasteiger partial charge on any atom is 0.358 e. The van der Waals surface area contributed by atoms with E-state index < -0.39 is 5.97 Å². The van der Waals surface area contributed by atoms with Gasteiger partial charge in [0.25, 0.3) is 0 Å². The van der Waals surface area contributed by atoms with Crippen LogP contribution < -0.4 is 5.73 Å². The zero-order chi connectivity index (χ0) is 12.8. The molecule has 0 unspecified atom stereocenters. The van der Waals surface area contributed by atoms with Gasteiger partial charge in [0, 0.05) is 13.2 Å². The minimum Gasteiger partial charge on any atom is -0.461 e. The summed E-state index contributed by atoms with van der Waals surface area (Å²) in [6, 6.07) is 0. The van der Waals surface area contributed by atoms with Crippen molar-refractivity contribution < 1.29 is 14.6 Å². The van der Waals surface area contributed by atoms with E-state index in [1.807, 2.05) is 6.92 Å². The summed E-state index contributed by atoms with van der Waals surface area (Å²) in [5, 5.41) is 12.7. The van der Waals surface area contributed by atoms with Gasteiger partial charge in [-0.1, -0.05) is 0 Å². The second-order valence-electron chi connectivity index (χ2n) is 3.73. The number of esters is 1. The van der Waals surface area contributed by atoms with Gasteiger partial charge in [-0.25, -0.2) is 4.79 Å². The third-order valence-electron chi connectivity index (χ3n) is 2.45. The summed E-state index contributed by atoms with van der Waals surface area (Å²) in [4.78, 5) is 11.8. The molecule has 0 radical (unpaired) electrons. The number of carbonyl (C=O) groups is 1. The second kappa shape index (κ2) is 6.24. The number of aromatic nitrogens is 2. The number of nitrogen functional groups attached to an aromatic ring is 1. The van der Waals surface area contributed by atoms with Crippen molar-refractivity contribution in [2.45, 2.75) is 33.2 Å². The van der Waals surface area contributed by atoms with Crippen LogP contribution in [0.3, 0.4) is 0 Å². The van der Waals surface area contributed by atoms with Crippen molar-refractivity contribution in [3.63, 3.8) is 0 Å². The van der Waals surface area contributed by atoms with Crippen LogP contribution in [0.5, 0.6) is 0 Å². The third kappa shape index (κ3) is 3.20. The standard InChI is InChI=1S/C11H19N3O3/c1-3-14-10(9(12)8(2)13-14)11(16)17-7-5-4-6-15/h15H,3-7,12H2,1-2H3. The number of carbonyl (C=O) groups excluding carboxylic acids is 1. The largest absolute Gasteiger partial charge is 0.461 e. The number of anilines is 1. The molecule has 1 aromatic heterocycles. The van der Waals surface area contributed by atoms with Gasteiger partial charge in [0.05, 0.1) is 18.0 Å². The van der Waals surface area contributed by atoms with E-state index in [-0.39, 0.29) is 13.2 Å². The Kier molecular flexibility index (Phi) is 4.96. The lowest BCUT2D eigenvalue weighted by Gasteiger charge is -2.06. The summed E-state index contributed by atoms with van der Waals surface area (Å²) in [5.74, 6) is -0.456. The molecule has 96 valence electrons. The van der Waals surface area contributed by atoms with E-state index in [9.17, 15) is 4.79 Å². The molecule has 0 saturated carbocycles. The summed E-state index contributed by atoms with van der Waals surface area (Å²) < 4.78 is 6.62. The molecule has 0 aliphatic carbocycles. The number of ether oxygens (including phenoxy) is 1. The maximum atomic E-state index is 11.8. The zero-order valence-corrected chi connectivity index (χ0v) is 10.3. The first-order valence-electron chi connectivity index (χ1n) is 5.72. The molecule has 1 aromatic rings. The molecule has 0 fully saturated rings. The number of aliphatic hydroxyl groups is 1. The Hall–Kier alpha value is -1.56. The Morgan fingerprint density at radius 2 is 2.24 bits per heavy atom. The van der Waals surface area contributed by atoms with E-state index in [1.165, 1.54) is 0 Å². The van der Waals surface area contributed by atoms with Crippen LogP contribution in [-0.4, -0.2) is 34.1 Å². The minimum atomic E-state index is -0.456. The van der Waals surface area contributed by atoms with Gasteiger partial charge in [-0.2, -0.15) is 5.10 Å². The number of rotatable bonds is 6. The fraction of sp³-hybridized carbons (Fsp3) is 0.636. The quantitative estimate of drug-likeness (QED) is 0.566. The van der Waals surface area contributed by atoms with Crippen LogP contribution in [0.1, 0.15) is 35.9 Å². The maximum absolute atomic E-state index is 11.8. The molecule has 17 heavy (non-hydrogen) atoms. The zero-order valence-electron chi connectivity index (χ0n) is 10.3. The SMILES string of the molecule is CCn1nc(C)c(N)c1C(=O)OCCCCO. The lowest BCUT2D eigenvalue weighted by Crippen LogP contribution is -2.15. The van der Waals surface area contributed by atoms with Gasteiger partial charge in [-0.3, -0.25) is 4.68 Å². The number of aryl methyl sites for hydroxylation is 2. The van der Waals surface area contributed by atoms with E-state index in [0.717, 1.165) is 0 Å². The average Bonchev–Trinajstić information content (AvgIpc) is 2.61. The molecule has 0 bridgehead atoms. The van der Waals surface area contributed by atoms with Gasteiger partial charge >= 0.3 is 5.97 Å². The van der Waals surface area contributed by atoms with Crippen LogP contribution in [0, 0.1) is 6.92 Å². The molecule has 0 aromatic carbocycles. The van der Waals surface area contributed by atoms with Gasteiger partial charge in [0.15, 0.2) is 5.69 Å². The van der Waals surface area contributed by atoms with Crippen LogP contribution in [0.2, 0.25) is 0 Å². The average molecular weight is 241 g/mol. The van der Waals surface area contributed by atoms with Crippen molar-refractivity contribution in [2.24, 2.45) is 0 Å². The van der Waals surface area contributed by atoms with Crippen LogP contribution in [-0.2, 0) is 11.3 Å². The van der Waals surface area contributed by atoms with E-state index in [0.29, 0.717) is 36.5 Å². The van der Waals surface area contributed by atoms with Gasteiger partial charge < -0.3 is 15.6 Å². The van der Waals surface area contributed by atoms with Crippen LogP contribution in [0.15, 0.2) is 0 Å². The van der Waals surface area contributed by atoms with Crippen LogP contribution in [0.25, 0.3) is 0 Å². The molecule has 6 nitrogen and oxygen atoms in total. The Labute approximate surface area is 100 Å². The highest BCUT2D eigenvalue weighted by molar-refractivity contribution is 5.93. The van der Waals surface area contributed by atoms with Gasteiger partial charge in [0.1, 0.15) is 0 Å². The van der Waals surface area contributed by atoms with Crippen molar-refractivity contribution in [1.82, 2.24) is 9.78 Å². The fourth-order valence-corrected chi connectivity index (χ4v) is 1.49. The molecule has 1 rings (SSSR count). The molecule has 0 atom stereocenters. The highest BCUT2D eigenvalue weighted by atomic mass is 16.5. The summed E-state index contributed by atoms with van der Waals surface area (Å²) in [7, 11) is 0. The molecule has 6 heteroatoms. The molecule has 0 aliphatic rings. The molecule has 0 aliphatic heterocycles. The van der Waals surface area contributed by atoms with Crippen LogP contribution in [0.4, 0.5) is 5.69 Å². The monoisotopic (exact) mass is 241 g/mol. The minimum absolute atomic E-state index is 0.103. The second-order valence-corrected chi connectivity index (χ2v) is 3.73. The predicted octanol–water partition coefficient (Wildman–Crippen LogP) is 0.723. The molecule has 1 heterocycles. The van der Waals surface area contributed by atoms with Crippen molar-refractivity contribution in [2.75, 3.05) is 18.9 Å². The predicted molar refractivity (Wildman–Crippen MR) is 63.7 cm³/mol. The van der Waals surface area contributed by atoms with Crippen LogP contribution >= 0.6 is 0 Å². The smallest absolute Gasteiger partial charge is 0.358 e. The van der Waals surface area contributed by atoms with Crippen molar-refractivity contribution >= 4 is 11.7 Å². The Balaban J connectivity index is 2.68. The number of hydrogen-bond donors (Lipinski definition) is 2. The molecular formula is C11H19N3O3. The summed E-state index contributed by atoms with van der Waals surface area (Å²) >= 11 is 0. The van der Waals surface area contributed by atoms with E-state index in [4.69, 9.17) is 15.6 Å². The molecular weight excluding hydrogens is 222 g/mol. The number of unbranched alkanes of at least 4 members (excludes halogenated alkanes) is 1. The fourth-order valence-electron chi connectivity index (χ4n) is 1.49. The number of hydrogen-bond acceptors (Lipinski definition) is 5. The lowest BCUT2D eigenvalue weighted by molar-refractivity contribution is 0.0479. The molecule has 0 spiro atoms. The highest BCUT2D eigenvalue weighted by Gasteiger charge is 2.20. The Morgan fingerprint density at radius 3 is 2.82 bits per heavy atom. The van der Waals surface area contributed by atoms with Gasteiger partial charge in [-0.15, -0.1) is 0 Å². The van der Waals surface area contributed by atoms with E-state index in [1.54, 1.807) is 11.6 Å². The number of nitrogens with two attached hydrogens (primary N) is 1. The summed E-state index contributed by atoms with van der Waals surface area (Å²) in [6.45, 7) is 4.59. The highest BCUT2D eigenvalue weighted by Crippen LogP contribution is 2.17. The molecule has 0 saturated heterocycles. The van der Waals surface area contributed by atoms with E-state index in [2.05, 4.69) is 5.10 Å². The number of aliphatic hydroxyl groups excluding tert-OH is 1. The van der Waals surface area contributed by atoms with Crippen molar-refractivity contribution in [3.05, 3.63) is 11.4 Å². The first-order chi connectivity index (χ1) is 8.11. The third-order valence-corrected chi connectivity index (χ3v) is 2.45. The molecule has 3 N–H and O–H groups in total. The first kappa shape index (κ1) is 13.5. The topological polar surface area (TPSA) is 90.4 Å². The Morgan fingerprint density at radius 1 is 1.53 bits per heavy atom. The molecule has 0 amide bonds. The summed E-state index contributed by atoms with van der Waals surface area (Å²) in [6.07, 6.45) is 1.26. The summed E-state index contributed by atoms with van der Waals surface area (Å²) in [5.41, 5.74) is 7.11. The van der Waals surface area contributed by atoms with E-state index >= 15 is 0 Å². The first-order valence-corrected chi connectivity index (χ1v) is 5.72. The number of nitrogens with zero attached hydrogens (tertiary/aromatic N) is 2. The Bertz CT molecular complexity index is 388. The van der Waals surface area contributed by atoms with Crippen molar-refractivity contribution in [3.8, 4) is 0 Å².